The number of rotatable bonds is 5. The van der Waals surface area contributed by atoms with Crippen molar-refractivity contribution < 1.29 is 14.7 Å². The number of amides is 2. The highest BCUT2D eigenvalue weighted by atomic mass is 32.1. The molecular weight excluding hydrogens is 302 g/mol. The van der Waals surface area contributed by atoms with Crippen LogP contribution < -0.4 is 5.32 Å². The van der Waals surface area contributed by atoms with Crippen LogP contribution in [0.15, 0.2) is 5.38 Å². The number of urea groups is 1. The molecule has 1 heterocycles. The molecule has 1 aromatic heterocycles. The minimum Gasteiger partial charge on any atom is -0.480 e. The Labute approximate surface area is 135 Å². The summed E-state index contributed by atoms with van der Waals surface area (Å²) in [6.45, 7) is 10.1. The van der Waals surface area contributed by atoms with E-state index in [1.54, 1.807) is 32.2 Å². The lowest BCUT2D eigenvalue weighted by Crippen LogP contribution is -2.48. The fraction of sp³-hybridized carbons (Fsp3) is 0.667. The number of thiazole rings is 1. The Hall–Kier alpha value is -1.63. The van der Waals surface area contributed by atoms with E-state index in [1.165, 1.54) is 4.90 Å². The molecular formula is C15H25N3O3S. The van der Waals surface area contributed by atoms with Crippen LogP contribution in [0.1, 0.15) is 45.3 Å². The van der Waals surface area contributed by atoms with Gasteiger partial charge >= 0.3 is 12.0 Å². The molecule has 0 aliphatic rings. The van der Waals surface area contributed by atoms with Gasteiger partial charge in [-0.05, 0) is 5.92 Å². The molecule has 0 spiro atoms. The van der Waals surface area contributed by atoms with Crippen molar-refractivity contribution in [2.45, 2.75) is 52.6 Å². The van der Waals surface area contributed by atoms with Gasteiger partial charge in [-0.2, -0.15) is 0 Å². The van der Waals surface area contributed by atoms with E-state index in [0.717, 1.165) is 10.7 Å². The number of aromatic nitrogens is 1. The first-order valence-corrected chi connectivity index (χ1v) is 8.09. The number of nitrogens with zero attached hydrogens (tertiary/aromatic N) is 2. The zero-order chi connectivity index (χ0) is 17.1. The average molecular weight is 327 g/mol. The Kier molecular flexibility index (Phi) is 5.93. The third-order valence-electron chi connectivity index (χ3n) is 3.15. The van der Waals surface area contributed by atoms with E-state index < -0.39 is 18.0 Å². The van der Waals surface area contributed by atoms with Gasteiger partial charge < -0.3 is 15.3 Å². The zero-order valence-corrected chi connectivity index (χ0v) is 14.8. The second kappa shape index (κ2) is 7.09. The third kappa shape index (κ3) is 4.98. The topological polar surface area (TPSA) is 82.5 Å². The summed E-state index contributed by atoms with van der Waals surface area (Å²) in [5.74, 6) is -1.21. The maximum atomic E-state index is 12.1. The Morgan fingerprint density at radius 3 is 2.41 bits per heavy atom. The van der Waals surface area contributed by atoms with Crippen LogP contribution in [0.25, 0.3) is 0 Å². The smallest absolute Gasteiger partial charge is 0.326 e. The molecule has 124 valence electrons. The molecule has 1 rings (SSSR count). The van der Waals surface area contributed by atoms with Crippen LogP contribution >= 0.6 is 11.3 Å². The lowest BCUT2D eigenvalue weighted by Gasteiger charge is -2.22. The van der Waals surface area contributed by atoms with Crippen molar-refractivity contribution in [2.24, 2.45) is 5.92 Å². The van der Waals surface area contributed by atoms with E-state index in [2.05, 4.69) is 31.1 Å². The molecule has 0 aliphatic carbocycles. The van der Waals surface area contributed by atoms with Gasteiger partial charge in [0.2, 0.25) is 0 Å². The normalized spacial score (nSPS) is 13.0. The number of carboxylic acids is 1. The van der Waals surface area contributed by atoms with Gasteiger partial charge in [-0.15, -0.1) is 11.3 Å². The summed E-state index contributed by atoms with van der Waals surface area (Å²) in [7, 11) is 1.63. The standard InChI is InChI=1S/C15H25N3O3S/c1-9(2)11(12(19)20)17-14(21)18(6)7-10-8-22-13(16-10)15(3,4)5/h8-9,11H,7H2,1-6H3,(H,17,21)(H,19,20)/t11-/m0/s1. The number of hydrogen-bond acceptors (Lipinski definition) is 4. The van der Waals surface area contributed by atoms with Crippen molar-refractivity contribution in [2.75, 3.05) is 7.05 Å². The van der Waals surface area contributed by atoms with Gasteiger partial charge in [-0.3, -0.25) is 0 Å². The highest BCUT2D eigenvalue weighted by Crippen LogP contribution is 2.25. The van der Waals surface area contributed by atoms with Crippen LogP contribution in [0.4, 0.5) is 4.79 Å². The summed E-state index contributed by atoms with van der Waals surface area (Å²) in [5.41, 5.74) is 0.791. The Morgan fingerprint density at radius 1 is 1.41 bits per heavy atom. The molecule has 0 fully saturated rings. The number of carbonyl (C=O) groups is 2. The van der Waals surface area contributed by atoms with Gasteiger partial charge in [-0.1, -0.05) is 34.6 Å². The van der Waals surface area contributed by atoms with Crippen molar-refractivity contribution in [3.8, 4) is 0 Å². The average Bonchev–Trinajstić information content (AvgIpc) is 2.82. The molecule has 2 N–H and O–H groups in total. The first kappa shape index (κ1) is 18.4. The summed E-state index contributed by atoms with van der Waals surface area (Å²) in [6.07, 6.45) is 0. The molecule has 2 amide bonds. The van der Waals surface area contributed by atoms with E-state index in [1.807, 2.05) is 5.38 Å². The molecule has 0 radical (unpaired) electrons. The van der Waals surface area contributed by atoms with Gasteiger partial charge in [0.15, 0.2) is 0 Å². The predicted octanol–water partition coefficient (Wildman–Crippen LogP) is 2.69. The highest BCUT2D eigenvalue weighted by Gasteiger charge is 2.25. The molecule has 0 bridgehead atoms. The number of carbonyl (C=O) groups excluding carboxylic acids is 1. The van der Waals surface area contributed by atoms with E-state index in [9.17, 15) is 9.59 Å². The van der Waals surface area contributed by atoms with Crippen molar-refractivity contribution in [3.63, 3.8) is 0 Å². The second-order valence-electron chi connectivity index (χ2n) is 6.76. The first-order chi connectivity index (χ1) is 10.0. The number of nitrogens with one attached hydrogen (secondary N) is 1. The molecule has 0 aromatic carbocycles. The third-order valence-corrected chi connectivity index (χ3v) is 4.47. The summed E-state index contributed by atoms with van der Waals surface area (Å²) < 4.78 is 0. The van der Waals surface area contributed by atoms with E-state index in [4.69, 9.17) is 5.11 Å². The monoisotopic (exact) mass is 327 g/mol. The Bertz CT molecular complexity index is 534. The van der Waals surface area contributed by atoms with Crippen LogP contribution in [0.3, 0.4) is 0 Å². The van der Waals surface area contributed by atoms with Crippen LogP contribution in [0, 0.1) is 5.92 Å². The molecule has 0 unspecified atom stereocenters. The van der Waals surface area contributed by atoms with Crippen LogP contribution in [-0.2, 0) is 16.8 Å². The molecule has 22 heavy (non-hydrogen) atoms. The van der Waals surface area contributed by atoms with Crippen molar-refractivity contribution in [1.29, 1.82) is 0 Å². The molecule has 6 nitrogen and oxygen atoms in total. The maximum Gasteiger partial charge on any atom is 0.326 e. The molecule has 0 saturated heterocycles. The van der Waals surface area contributed by atoms with Gasteiger partial charge in [0.05, 0.1) is 17.2 Å². The predicted molar refractivity (Wildman–Crippen MR) is 87.1 cm³/mol. The number of carboxylic acid groups (broad SMARTS) is 1. The van der Waals surface area contributed by atoms with E-state index in [-0.39, 0.29) is 11.3 Å². The molecule has 1 atom stereocenters. The van der Waals surface area contributed by atoms with Crippen LogP contribution in [0.5, 0.6) is 0 Å². The van der Waals surface area contributed by atoms with Crippen LogP contribution in [-0.4, -0.2) is 40.1 Å². The molecule has 7 heteroatoms. The molecule has 1 aromatic rings. The van der Waals surface area contributed by atoms with E-state index in [0.29, 0.717) is 6.54 Å². The SMILES string of the molecule is CC(C)[C@H](NC(=O)N(C)Cc1csc(C(C)(C)C)n1)C(=O)O. The van der Waals surface area contributed by atoms with Crippen molar-refractivity contribution in [3.05, 3.63) is 16.1 Å². The Morgan fingerprint density at radius 2 is 2.00 bits per heavy atom. The minimum absolute atomic E-state index is 0.0181. The second-order valence-corrected chi connectivity index (χ2v) is 7.62. The summed E-state index contributed by atoms with van der Waals surface area (Å²) >= 11 is 1.57. The summed E-state index contributed by atoms with van der Waals surface area (Å²) in [4.78, 5) is 29.2. The number of aliphatic carboxylic acids is 1. The largest absolute Gasteiger partial charge is 0.480 e. The van der Waals surface area contributed by atoms with Gasteiger partial charge in [-0.25, -0.2) is 14.6 Å². The molecule has 0 aliphatic heterocycles. The maximum absolute atomic E-state index is 12.1. The Balaban J connectivity index is 2.68. The fourth-order valence-corrected chi connectivity index (χ4v) is 2.69. The van der Waals surface area contributed by atoms with E-state index >= 15 is 0 Å². The van der Waals surface area contributed by atoms with Crippen molar-refractivity contribution in [1.82, 2.24) is 15.2 Å². The van der Waals surface area contributed by atoms with Gasteiger partial charge in [0, 0.05) is 17.8 Å². The first-order valence-electron chi connectivity index (χ1n) is 7.21. The van der Waals surface area contributed by atoms with Crippen molar-refractivity contribution >= 4 is 23.3 Å². The fourth-order valence-electron chi connectivity index (χ4n) is 1.80. The van der Waals surface area contributed by atoms with Gasteiger partial charge in [0.1, 0.15) is 6.04 Å². The molecule has 0 saturated carbocycles. The quantitative estimate of drug-likeness (QED) is 0.871. The van der Waals surface area contributed by atoms with Crippen LogP contribution in [0.2, 0.25) is 0 Å². The minimum atomic E-state index is -1.03. The van der Waals surface area contributed by atoms with Gasteiger partial charge in [0.25, 0.3) is 0 Å². The number of hydrogen-bond donors (Lipinski definition) is 2. The lowest BCUT2D eigenvalue weighted by molar-refractivity contribution is -0.140. The summed E-state index contributed by atoms with van der Waals surface area (Å²) in [5, 5.41) is 14.6. The lowest BCUT2D eigenvalue weighted by atomic mass is 9.98. The highest BCUT2D eigenvalue weighted by molar-refractivity contribution is 7.09. The zero-order valence-electron chi connectivity index (χ0n) is 14.0. The summed E-state index contributed by atoms with van der Waals surface area (Å²) in [6, 6.07) is -1.30.